The minimum absolute atomic E-state index is 0.0112. The van der Waals surface area contributed by atoms with Gasteiger partial charge in [-0.1, -0.05) is 52.8 Å². The zero-order chi connectivity index (χ0) is 32.8. The van der Waals surface area contributed by atoms with Crippen LogP contribution in [-0.4, -0.2) is 80.2 Å². The maximum atomic E-state index is 13.9. The maximum absolute atomic E-state index is 13.9. The van der Waals surface area contributed by atoms with Gasteiger partial charge >= 0.3 is 15.5 Å². The number of ether oxygens (including phenoxy) is 1. The van der Waals surface area contributed by atoms with E-state index in [0.29, 0.717) is 18.7 Å². The van der Waals surface area contributed by atoms with E-state index in [9.17, 15) is 40.8 Å². The van der Waals surface area contributed by atoms with Crippen molar-refractivity contribution >= 4 is 33.5 Å². The van der Waals surface area contributed by atoms with Crippen LogP contribution in [0.3, 0.4) is 0 Å². The normalized spacial score (nSPS) is 25.9. The summed E-state index contributed by atoms with van der Waals surface area (Å²) < 4.78 is 71.0. The topological polar surface area (TPSA) is 151 Å². The third kappa shape index (κ3) is 6.87. The van der Waals surface area contributed by atoms with Crippen LogP contribution in [0.4, 0.5) is 13.2 Å². The average Bonchev–Trinajstić information content (AvgIpc) is 3.26. The number of Topliss-reactive ketones (excluding diaryl/α,β-unsaturated/α-hetero) is 1. The number of hydrogen-bond donors (Lipinski definition) is 3. The molecule has 1 aromatic rings. The molecular formula is C29H39F3N4O7S. The predicted octanol–water partition coefficient (Wildman–Crippen LogP) is 1.98. The molecule has 4 rings (SSSR count). The maximum Gasteiger partial charge on any atom is 0.511 e. The molecule has 244 valence electrons. The summed E-state index contributed by atoms with van der Waals surface area (Å²) in [6.45, 7) is 8.09. The molecule has 3 amide bonds. The van der Waals surface area contributed by atoms with Gasteiger partial charge in [0.15, 0.2) is 5.78 Å². The summed E-state index contributed by atoms with van der Waals surface area (Å²) >= 11 is 0. The van der Waals surface area contributed by atoms with Gasteiger partial charge in [0.1, 0.15) is 24.4 Å². The van der Waals surface area contributed by atoms with Gasteiger partial charge in [0.2, 0.25) is 17.7 Å². The van der Waals surface area contributed by atoms with Crippen molar-refractivity contribution in [3.63, 3.8) is 0 Å². The van der Waals surface area contributed by atoms with Crippen LogP contribution in [-0.2, 0) is 29.2 Å². The quantitative estimate of drug-likeness (QED) is 0.333. The number of likely N-dealkylation sites (tertiary alicyclic amines) is 1. The fraction of sp³-hybridized carbons (Fsp3) is 0.655. The zero-order valence-corrected chi connectivity index (χ0v) is 26.0. The third-order valence-corrected chi connectivity index (χ3v) is 10.1. The number of hydrogen-bond acceptors (Lipinski definition) is 7. The molecule has 1 saturated carbocycles. The molecule has 0 aromatic heterocycles. The Hall–Kier alpha value is -3.20. The van der Waals surface area contributed by atoms with E-state index in [4.69, 9.17) is 4.74 Å². The molecule has 0 spiro atoms. The number of rotatable bonds is 11. The van der Waals surface area contributed by atoms with Crippen molar-refractivity contribution in [1.82, 2.24) is 20.3 Å². The molecule has 44 heavy (non-hydrogen) atoms. The number of amides is 3. The van der Waals surface area contributed by atoms with Crippen LogP contribution in [0.25, 0.3) is 0 Å². The molecule has 3 fully saturated rings. The molecule has 0 radical (unpaired) electrons. The Morgan fingerprint density at radius 3 is 2.32 bits per heavy atom. The van der Waals surface area contributed by atoms with Crippen LogP contribution in [0, 0.1) is 28.6 Å². The van der Waals surface area contributed by atoms with Gasteiger partial charge in [-0.15, -0.1) is 0 Å². The molecule has 6 atom stereocenters. The highest BCUT2D eigenvalue weighted by Crippen LogP contribution is 2.65. The van der Waals surface area contributed by atoms with Crippen LogP contribution in [0.2, 0.25) is 0 Å². The number of nitrogens with one attached hydrogen (secondary N) is 3. The van der Waals surface area contributed by atoms with Crippen LogP contribution in [0.1, 0.15) is 47.5 Å². The van der Waals surface area contributed by atoms with E-state index in [1.807, 2.05) is 13.8 Å². The summed E-state index contributed by atoms with van der Waals surface area (Å²) in [5.74, 6) is -3.11. The van der Waals surface area contributed by atoms with Gasteiger partial charge in [0.05, 0.1) is 6.04 Å². The van der Waals surface area contributed by atoms with Crippen LogP contribution >= 0.6 is 0 Å². The molecule has 3 aliphatic rings. The lowest BCUT2D eigenvalue weighted by Crippen LogP contribution is -2.61. The number of nitrogens with zero attached hydrogens (tertiary/aromatic N) is 1. The van der Waals surface area contributed by atoms with E-state index in [0.717, 1.165) is 4.90 Å². The number of fused-ring (bicyclic) bond motifs is 1. The summed E-state index contributed by atoms with van der Waals surface area (Å²) in [5.41, 5.74) is -7.32. The van der Waals surface area contributed by atoms with Gasteiger partial charge in [-0.3, -0.25) is 19.2 Å². The van der Waals surface area contributed by atoms with E-state index in [-0.39, 0.29) is 36.1 Å². The van der Waals surface area contributed by atoms with E-state index in [1.54, 1.807) is 30.3 Å². The minimum Gasteiger partial charge on any atom is -0.486 e. The number of para-hydroxylation sites is 1. The smallest absolute Gasteiger partial charge is 0.486 e. The van der Waals surface area contributed by atoms with Crippen LogP contribution < -0.4 is 20.1 Å². The molecule has 1 aromatic carbocycles. The molecule has 0 bridgehead atoms. The summed E-state index contributed by atoms with van der Waals surface area (Å²) in [6.07, 6.45) is 0.444. The van der Waals surface area contributed by atoms with Crippen LogP contribution in [0.15, 0.2) is 30.3 Å². The minimum atomic E-state index is -5.89. The van der Waals surface area contributed by atoms with Gasteiger partial charge in [0.25, 0.3) is 0 Å². The Morgan fingerprint density at radius 1 is 1.14 bits per heavy atom. The lowest BCUT2D eigenvalue weighted by molar-refractivity contribution is -0.144. The van der Waals surface area contributed by atoms with E-state index in [2.05, 4.69) is 10.6 Å². The third-order valence-electron chi connectivity index (χ3n) is 8.96. The second-order valence-electron chi connectivity index (χ2n) is 13.4. The number of alkyl halides is 3. The first kappa shape index (κ1) is 33.7. The average molecular weight is 645 g/mol. The number of benzene rings is 1. The monoisotopic (exact) mass is 644 g/mol. The molecule has 11 nitrogen and oxygen atoms in total. The highest BCUT2D eigenvalue weighted by Gasteiger charge is 2.70. The van der Waals surface area contributed by atoms with Crippen molar-refractivity contribution in [2.24, 2.45) is 28.6 Å². The standard InChI is InChI=1S/C29H39F3N4O7S/c1-27(2,3)23(35-44(41,42)29(30,31)32)26(40)36-14-18-21(28(18,4)5)22(36)25(39)34-19(13-16-11-12-33-24(16)38)20(37)15-43-17-9-7-6-8-10-17/h6-10,16,18-19,21-23,35H,11-15H2,1-5H3,(H,33,38)(H,34,39)/t16-,18-,19-,21-,22-,23+/m0/s1. The summed E-state index contributed by atoms with van der Waals surface area (Å²) in [7, 11) is -5.89. The fourth-order valence-electron chi connectivity index (χ4n) is 6.25. The lowest BCUT2D eigenvalue weighted by Gasteiger charge is -2.37. The zero-order valence-electron chi connectivity index (χ0n) is 25.2. The Morgan fingerprint density at radius 2 is 1.77 bits per heavy atom. The lowest BCUT2D eigenvalue weighted by atomic mass is 9.86. The number of ketones is 1. The summed E-state index contributed by atoms with van der Waals surface area (Å²) in [4.78, 5) is 54.5. The molecule has 3 N–H and O–H groups in total. The molecule has 2 heterocycles. The van der Waals surface area contributed by atoms with Gasteiger partial charge in [-0.05, 0) is 47.6 Å². The Balaban J connectivity index is 1.58. The molecule has 0 unspecified atom stereocenters. The molecule has 2 aliphatic heterocycles. The number of carbonyl (C=O) groups excluding carboxylic acids is 4. The number of sulfonamides is 1. The highest BCUT2D eigenvalue weighted by atomic mass is 32.2. The van der Waals surface area contributed by atoms with Crippen molar-refractivity contribution in [1.29, 1.82) is 0 Å². The predicted molar refractivity (Wildman–Crippen MR) is 152 cm³/mol. The van der Waals surface area contributed by atoms with E-state index in [1.165, 1.54) is 25.5 Å². The Labute approximate surface area is 254 Å². The fourth-order valence-corrected chi connectivity index (χ4v) is 7.15. The summed E-state index contributed by atoms with van der Waals surface area (Å²) in [5, 5.41) is 5.41. The van der Waals surface area contributed by atoms with Crippen molar-refractivity contribution in [3.8, 4) is 5.75 Å². The second-order valence-corrected chi connectivity index (χ2v) is 15.1. The first-order valence-corrected chi connectivity index (χ1v) is 15.9. The van der Waals surface area contributed by atoms with Gasteiger partial charge in [-0.25, -0.2) is 8.42 Å². The van der Waals surface area contributed by atoms with E-state index < -0.39 is 69.2 Å². The molecule has 15 heteroatoms. The number of piperidine rings is 1. The van der Waals surface area contributed by atoms with Gasteiger partial charge < -0.3 is 20.3 Å². The first-order chi connectivity index (χ1) is 20.3. The van der Waals surface area contributed by atoms with Crippen molar-refractivity contribution in [3.05, 3.63) is 30.3 Å². The second kappa shape index (κ2) is 12.0. The van der Waals surface area contributed by atoms with E-state index >= 15 is 0 Å². The Bertz CT molecular complexity index is 1400. The molecular weight excluding hydrogens is 605 g/mol. The summed E-state index contributed by atoms with van der Waals surface area (Å²) in [6, 6.07) is 4.37. The van der Waals surface area contributed by atoms with Gasteiger partial charge in [-0.2, -0.15) is 17.9 Å². The largest absolute Gasteiger partial charge is 0.511 e. The SMILES string of the molecule is CC(C)(C)[C@H](NS(=O)(=O)C(F)(F)F)C(=O)N1C[C@H]2[C@@H]([C@H]1C(=O)N[C@@H](C[C@@H]1CCNC1=O)C(=O)COc1ccccc1)C2(C)C. The first-order valence-electron chi connectivity index (χ1n) is 14.4. The molecule has 2 saturated heterocycles. The number of halogens is 3. The van der Waals surface area contributed by atoms with Crippen molar-refractivity contribution < 1.29 is 45.5 Å². The van der Waals surface area contributed by atoms with Gasteiger partial charge in [0, 0.05) is 19.0 Å². The van der Waals surface area contributed by atoms with Crippen molar-refractivity contribution in [2.75, 3.05) is 19.7 Å². The molecule has 1 aliphatic carbocycles. The van der Waals surface area contributed by atoms with Crippen molar-refractivity contribution in [2.45, 2.75) is 71.1 Å². The Kier molecular flexibility index (Phi) is 9.15. The van der Waals surface area contributed by atoms with Crippen LogP contribution in [0.5, 0.6) is 5.75 Å². The number of carbonyl (C=O) groups is 4. The highest BCUT2D eigenvalue weighted by molar-refractivity contribution is 7.90.